The Kier molecular flexibility index (Phi) is 4.82. The maximum atomic E-state index is 3.54. The fourth-order valence-electron chi connectivity index (χ4n) is 3.48. The molecular formula is C17H27N. The molecule has 0 saturated heterocycles. The van der Waals surface area contributed by atoms with Gasteiger partial charge in [0.15, 0.2) is 0 Å². The van der Waals surface area contributed by atoms with E-state index in [0.717, 1.165) is 11.8 Å². The summed E-state index contributed by atoms with van der Waals surface area (Å²) in [5.41, 5.74) is 2.94. The van der Waals surface area contributed by atoms with E-state index in [4.69, 9.17) is 0 Å². The topological polar surface area (TPSA) is 12.0 Å². The van der Waals surface area contributed by atoms with Crippen molar-refractivity contribution in [1.29, 1.82) is 0 Å². The van der Waals surface area contributed by atoms with Gasteiger partial charge < -0.3 is 5.32 Å². The average Bonchev–Trinajstić information content (AvgIpc) is 2.79. The van der Waals surface area contributed by atoms with Crippen LogP contribution in [-0.4, -0.2) is 7.05 Å². The van der Waals surface area contributed by atoms with Crippen molar-refractivity contribution in [1.82, 2.24) is 5.32 Å². The van der Waals surface area contributed by atoms with Gasteiger partial charge in [0.25, 0.3) is 0 Å². The van der Waals surface area contributed by atoms with E-state index >= 15 is 0 Å². The van der Waals surface area contributed by atoms with Crippen LogP contribution in [0.5, 0.6) is 0 Å². The van der Waals surface area contributed by atoms with Gasteiger partial charge in [-0.3, -0.25) is 0 Å². The molecule has 1 aromatic rings. The summed E-state index contributed by atoms with van der Waals surface area (Å²) in [6, 6.07) is 9.82. The lowest BCUT2D eigenvalue weighted by Gasteiger charge is -2.27. The molecule has 0 radical (unpaired) electrons. The maximum absolute atomic E-state index is 3.54. The summed E-state index contributed by atoms with van der Waals surface area (Å²) in [6.07, 6.45) is 6.61. The normalized spacial score (nSPS) is 25.3. The van der Waals surface area contributed by atoms with E-state index < -0.39 is 0 Å². The highest BCUT2D eigenvalue weighted by atomic mass is 14.9. The number of rotatable bonds is 5. The zero-order chi connectivity index (χ0) is 13.0. The monoisotopic (exact) mass is 245 g/mol. The molecule has 0 amide bonds. The molecule has 0 aromatic heterocycles. The molecule has 1 saturated carbocycles. The van der Waals surface area contributed by atoms with E-state index in [1.807, 2.05) is 0 Å². The Morgan fingerprint density at radius 1 is 1.22 bits per heavy atom. The first kappa shape index (κ1) is 13.6. The van der Waals surface area contributed by atoms with E-state index in [9.17, 15) is 0 Å². The van der Waals surface area contributed by atoms with E-state index in [0.29, 0.717) is 6.04 Å². The lowest BCUT2D eigenvalue weighted by Crippen LogP contribution is -2.26. The van der Waals surface area contributed by atoms with Gasteiger partial charge in [-0.1, -0.05) is 57.4 Å². The van der Waals surface area contributed by atoms with Gasteiger partial charge in [0, 0.05) is 6.04 Å². The Labute approximate surface area is 112 Å². The minimum atomic E-state index is 0.540. The zero-order valence-corrected chi connectivity index (χ0v) is 12.1. The first-order chi connectivity index (χ1) is 8.76. The highest BCUT2D eigenvalue weighted by Gasteiger charge is 2.30. The van der Waals surface area contributed by atoms with Crippen LogP contribution in [0.3, 0.4) is 0 Å². The maximum Gasteiger partial charge on any atom is 0.0348 e. The van der Waals surface area contributed by atoms with Crippen LogP contribution in [0.4, 0.5) is 0 Å². The highest BCUT2D eigenvalue weighted by molar-refractivity contribution is 5.26. The molecule has 3 atom stereocenters. The third kappa shape index (κ3) is 2.95. The zero-order valence-electron chi connectivity index (χ0n) is 12.1. The molecule has 1 heteroatoms. The molecule has 2 rings (SSSR count). The first-order valence-corrected chi connectivity index (χ1v) is 7.52. The van der Waals surface area contributed by atoms with Crippen molar-refractivity contribution in [3.63, 3.8) is 0 Å². The van der Waals surface area contributed by atoms with Crippen LogP contribution in [-0.2, 0) is 6.42 Å². The van der Waals surface area contributed by atoms with Crippen molar-refractivity contribution in [3.05, 3.63) is 35.4 Å². The SMILES string of the molecule is CCCc1ccc(C(NC)C2CCCC2C)cc1. The second kappa shape index (κ2) is 6.38. The minimum Gasteiger partial charge on any atom is -0.313 e. The molecule has 1 aliphatic carbocycles. The third-order valence-corrected chi connectivity index (χ3v) is 4.54. The van der Waals surface area contributed by atoms with Gasteiger partial charge in [-0.25, -0.2) is 0 Å². The van der Waals surface area contributed by atoms with Crippen LogP contribution in [0.15, 0.2) is 24.3 Å². The summed E-state index contributed by atoms with van der Waals surface area (Å²) in [5, 5.41) is 3.54. The molecule has 1 nitrogen and oxygen atoms in total. The molecule has 1 fully saturated rings. The summed E-state index contributed by atoms with van der Waals surface area (Å²) < 4.78 is 0. The Balaban J connectivity index is 2.11. The second-order valence-corrected chi connectivity index (χ2v) is 5.83. The van der Waals surface area contributed by atoms with Crippen molar-refractivity contribution in [2.45, 2.75) is 52.0 Å². The van der Waals surface area contributed by atoms with Crippen LogP contribution in [0.25, 0.3) is 0 Å². The lowest BCUT2D eigenvalue weighted by molar-refractivity contribution is 0.315. The van der Waals surface area contributed by atoms with E-state index in [1.54, 1.807) is 0 Å². The molecule has 18 heavy (non-hydrogen) atoms. The Bertz CT molecular complexity index is 354. The molecule has 0 heterocycles. The molecule has 3 unspecified atom stereocenters. The Morgan fingerprint density at radius 3 is 2.44 bits per heavy atom. The fraction of sp³-hybridized carbons (Fsp3) is 0.647. The van der Waals surface area contributed by atoms with Gasteiger partial charge in [0.1, 0.15) is 0 Å². The molecule has 1 N–H and O–H groups in total. The van der Waals surface area contributed by atoms with Crippen molar-refractivity contribution in [2.75, 3.05) is 7.05 Å². The van der Waals surface area contributed by atoms with Gasteiger partial charge in [0.2, 0.25) is 0 Å². The van der Waals surface area contributed by atoms with E-state index in [1.165, 1.54) is 43.2 Å². The highest BCUT2D eigenvalue weighted by Crippen LogP contribution is 2.39. The quantitative estimate of drug-likeness (QED) is 0.814. The van der Waals surface area contributed by atoms with Crippen molar-refractivity contribution in [3.8, 4) is 0 Å². The van der Waals surface area contributed by atoms with Gasteiger partial charge >= 0.3 is 0 Å². The average molecular weight is 245 g/mol. The van der Waals surface area contributed by atoms with Crippen molar-refractivity contribution in [2.24, 2.45) is 11.8 Å². The Morgan fingerprint density at radius 2 is 1.94 bits per heavy atom. The Hall–Kier alpha value is -0.820. The number of benzene rings is 1. The third-order valence-electron chi connectivity index (χ3n) is 4.54. The first-order valence-electron chi connectivity index (χ1n) is 7.52. The predicted molar refractivity (Wildman–Crippen MR) is 78.7 cm³/mol. The number of hydrogen-bond acceptors (Lipinski definition) is 1. The molecule has 0 spiro atoms. The summed E-state index contributed by atoms with van der Waals surface area (Å²) >= 11 is 0. The second-order valence-electron chi connectivity index (χ2n) is 5.83. The van der Waals surface area contributed by atoms with Crippen molar-refractivity contribution < 1.29 is 0 Å². The molecule has 1 aliphatic rings. The summed E-state index contributed by atoms with van der Waals surface area (Å²) in [4.78, 5) is 0. The van der Waals surface area contributed by atoms with Crippen LogP contribution >= 0.6 is 0 Å². The van der Waals surface area contributed by atoms with Gasteiger partial charge in [0.05, 0.1) is 0 Å². The van der Waals surface area contributed by atoms with Gasteiger partial charge in [-0.15, -0.1) is 0 Å². The summed E-state index contributed by atoms with van der Waals surface area (Å²) in [7, 11) is 2.11. The lowest BCUT2D eigenvalue weighted by atomic mass is 9.85. The van der Waals surface area contributed by atoms with Crippen LogP contribution in [0, 0.1) is 11.8 Å². The molecule has 0 aliphatic heterocycles. The molecular weight excluding hydrogens is 218 g/mol. The van der Waals surface area contributed by atoms with Gasteiger partial charge in [-0.2, -0.15) is 0 Å². The fourth-order valence-corrected chi connectivity index (χ4v) is 3.48. The summed E-state index contributed by atoms with van der Waals surface area (Å²) in [5.74, 6) is 1.67. The predicted octanol–water partition coefficient (Wildman–Crippen LogP) is 4.34. The molecule has 1 aromatic carbocycles. The number of hydrogen-bond donors (Lipinski definition) is 1. The molecule has 100 valence electrons. The van der Waals surface area contributed by atoms with Crippen LogP contribution in [0.1, 0.15) is 56.7 Å². The standard InChI is InChI=1S/C17H27N/c1-4-6-14-9-11-15(12-10-14)17(18-3)16-8-5-7-13(16)2/h9-13,16-18H,4-8H2,1-3H3. The number of aryl methyl sites for hydroxylation is 1. The summed E-state index contributed by atoms with van der Waals surface area (Å²) in [6.45, 7) is 4.65. The van der Waals surface area contributed by atoms with E-state index in [-0.39, 0.29) is 0 Å². The largest absolute Gasteiger partial charge is 0.313 e. The van der Waals surface area contributed by atoms with Crippen LogP contribution < -0.4 is 5.32 Å². The van der Waals surface area contributed by atoms with E-state index in [2.05, 4.69) is 50.5 Å². The van der Waals surface area contributed by atoms with Crippen molar-refractivity contribution >= 4 is 0 Å². The molecule has 0 bridgehead atoms. The number of nitrogens with one attached hydrogen (secondary N) is 1. The minimum absolute atomic E-state index is 0.540. The van der Waals surface area contributed by atoms with Gasteiger partial charge in [-0.05, 0) is 42.9 Å². The van der Waals surface area contributed by atoms with Crippen LogP contribution in [0.2, 0.25) is 0 Å². The smallest absolute Gasteiger partial charge is 0.0348 e.